The molecule has 96 valence electrons. The number of piperidine rings is 1. The lowest BCUT2D eigenvalue weighted by atomic mass is 9.95. The first kappa shape index (κ1) is 12.4. The minimum atomic E-state index is -0.900. The standard InChI is InChI=1S/C12H20N2O3/c15-10(6-8-2-1-5-13-7-8)14-11(12(16)17)9-3-4-9/h8-9,11,13H,1-7H2,(H,14,15)(H,16,17). The quantitative estimate of drug-likeness (QED) is 0.648. The summed E-state index contributed by atoms with van der Waals surface area (Å²) < 4.78 is 0. The molecule has 17 heavy (non-hydrogen) atoms. The minimum absolute atomic E-state index is 0.113. The average Bonchev–Trinajstić information content (AvgIpc) is 3.11. The van der Waals surface area contributed by atoms with Crippen LogP contribution in [0.2, 0.25) is 0 Å². The van der Waals surface area contributed by atoms with Crippen LogP contribution in [-0.4, -0.2) is 36.1 Å². The SMILES string of the molecule is O=C(CC1CCCNC1)NC(C(=O)O)C1CC1. The van der Waals surface area contributed by atoms with Crippen LogP contribution >= 0.6 is 0 Å². The summed E-state index contributed by atoms with van der Waals surface area (Å²) >= 11 is 0. The highest BCUT2D eigenvalue weighted by Gasteiger charge is 2.37. The number of aliphatic carboxylic acids is 1. The number of carboxylic acid groups (broad SMARTS) is 1. The fourth-order valence-electron chi connectivity index (χ4n) is 2.40. The molecule has 1 saturated carbocycles. The molecule has 1 aliphatic heterocycles. The first-order valence-corrected chi connectivity index (χ1v) is 6.39. The molecule has 1 heterocycles. The highest BCUT2D eigenvalue weighted by molar-refractivity contribution is 5.84. The van der Waals surface area contributed by atoms with Gasteiger partial charge in [-0.1, -0.05) is 0 Å². The number of amides is 1. The van der Waals surface area contributed by atoms with Crippen LogP contribution in [0.25, 0.3) is 0 Å². The minimum Gasteiger partial charge on any atom is -0.480 e. The van der Waals surface area contributed by atoms with E-state index in [0.29, 0.717) is 12.3 Å². The van der Waals surface area contributed by atoms with E-state index in [1.54, 1.807) is 0 Å². The van der Waals surface area contributed by atoms with Crippen molar-refractivity contribution in [2.24, 2.45) is 11.8 Å². The molecule has 0 aromatic rings. The van der Waals surface area contributed by atoms with E-state index in [9.17, 15) is 9.59 Å². The van der Waals surface area contributed by atoms with Crippen LogP contribution in [0.15, 0.2) is 0 Å². The zero-order chi connectivity index (χ0) is 12.3. The Hall–Kier alpha value is -1.10. The summed E-state index contributed by atoms with van der Waals surface area (Å²) in [4.78, 5) is 22.7. The predicted octanol–water partition coefficient (Wildman–Crippen LogP) is 0.355. The van der Waals surface area contributed by atoms with E-state index < -0.39 is 12.0 Å². The van der Waals surface area contributed by atoms with Crippen LogP contribution in [0.5, 0.6) is 0 Å². The highest BCUT2D eigenvalue weighted by atomic mass is 16.4. The number of hydrogen-bond acceptors (Lipinski definition) is 3. The topological polar surface area (TPSA) is 78.4 Å². The second kappa shape index (κ2) is 5.49. The molecule has 2 rings (SSSR count). The second-order valence-electron chi connectivity index (χ2n) is 5.14. The van der Waals surface area contributed by atoms with Crippen molar-refractivity contribution < 1.29 is 14.7 Å². The Kier molecular flexibility index (Phi) is 3.99. The van der Waals surface area contributed by atoms with Gasteiger partial charge in [0, 0.05) is 6.42 Å². The second-order valence-corrected chi connectivity index (χ2v) is 5.14. The molecule has 3 N–H and O–H groups in total. The third-order valence-corrected chi connectivity index (χ3v) is 3.55. The monoisotopic (exact) mass is 240 g/mol. The maximum atomic E-state index is 11.8. The van der Waals surface area contributed by atoms with Gasteiger partial charge in [0.25, 0.3) is 0 Å². The first-order valence-electron chi connectivity index (χ1n) is 6.39. The van der Waals surface area contributed by atoms with Gasteiger partial charge >= 0.3 is 5.97 Å². The number of rotatable bonds is 5. The smallest absolute Gasteiger partial charge is 0.326 e. The molecule has 5 heteroatoms. The van der Waals surface area contributed by atoms with Crippen molar-refractivity contribution in [3.8, 4) is 0 Å². The van der Waals surface area contributed by atoms with E-state index in [1.807, 2.05) is 0 Å². The van der Waals surface area contributed by atoms with Gasteiger partial charge in [0.1, 0.15) is 6.04 Å². The van der Waals surface area contributed by atoms with E-state index in [2.05, 4.69) is 10.6 Å². The maximum absolute atomic E-state index is 11.8. The predicted molar refractivity (Wildman–Crippen MR) is 62.5 cm³/mol. The van der Waals surface area contributed by atoms with Gasteiger partial charge in [-0.05, 0) is 50.6 Å². The molecule has 1 aliphatic carbocycles. The Balaban J connectivity index is 1.76. The molecule has 2 fully saturated rings. The molecule has 0 aromatic heterocycles. The van der Waals surface area contributed by atoms with Crippen molar-refractivity contribution in [3.05, 3.63) is 0 Å². The van der Waals surface area contributed by atoms with E-state index in [0.717, 1.165) is 38.8 Å². The highest BCUT2D eigenvalue weighted by Crippen LogP contribution is 2.32. The Labute approximate surface area is 101 Å². The third-order valence-electron chi connectivity index (χ3n) is 3.55. The fourth-order valence-corrected chi connectivity index (χ4v) is 2.40. The molecular weight excluding hydrogens is 220 g/mol. The van der Waals surface area contributed by atoms with Crippen molar-refractivity contribution in [2.75, 3.05) is 13.1 Å². The summed E-state index contributed by atoms with van der Waals surface area (Å²) in [6.07, 6.45) is 4.44. The van der Waals surface area contributed by atoms with Gasteiger partial charge < -0.3 is 15.7 Å². The van der Waals surface area contributed by atoms with Crippen LogP contribution < -0.4 is 10.6 Å². The molecule has 1 saturated heterocycles. The van der Waals surface area contributed by atoms with Gasteiger partial charge in [0.2, 0.25) is 5.91 Å². The Morgan fingerprint density at radius 1 is 1.35 bits per heavy atom. The summed E-state index contributed by atoms with van der Waals surface area (Å²) in [5.41, 5.74) is 0. The number of nitrogens with one attached hydrogen (secondary N) is 2. The molecule has 5 nitrogen and oxygen atoms in total. The molecule has 0 spiro atoms. The van der Waals surface area contributed by atoms with E-state index >= 15 is 0 Å². The first-order chi connectivity index (χ1) is 8.16. The molecule has 1 amide bonds. The van der Waals surface area contributed by atoms with Crippen LogP contribution in [0, 0.1) is 11.8 Å². The maximum Gasteiger partial charge on any atom is 0.326 e. The molecule has 0 radical (unpaired) electrons. The molecule has 2 aliphatic rings. The number of carboxylic acids is 1. The Bertz CT molecular complexity index is 296. The molecule has 2 unspecified atom stereocenters. The number of carbonyl (C=O) groups excluding carboxylic acids is 1. The van der Waals surface area contributed by atoms with Crippen molar-refractivity contribution in [2.45, 2.75) is 38.1 Å². The van der Waals surface area contributed by atoms with Crippen molar-refractivity contribution in [3.63, 3.8) is 0 Å². The molecule has 2 atom stereocenters. The van der Waals surface area contributed by atoms with Crippen LogP contribution in [0.3, 0.4) is 0 Å². The summed E-state index contributed by atoms with van der Waals surface area (Å²) in [6, 6.07) is -0.668. The van der Waals surface area contributed by atoms with Gasteiger partial charge in [-0.2, -0.15) is 0 Å². The lowest BCUT2D eigenvalue weighted by molar-refractivity contribution is -0.142. The van der Waals surface area contributed by atoms with E-state index in [-0.39, 0.29) is 11.8 Å². The van der Waals surface area contributed by atoms with Crippen LogP contribution in [0.1, 0.15) is 32.1 Å². The van der Waals surface area contributed by atoms with Gasteiger partial charge in [-0.3, -0.25) is 4.79 Å². The van der Waals surface area contributed by atoms with Gasteiger partial charge in [-0.15, -0.1) is 0 Å². The zero-order valence-corrected chi connectivity index (χ0v) is 9.95. The molecule has 0 aromatic carbocycles. The van der Waals surface area contributed by atoms with Gasteiger partial charge in [-0.25, -0.2) is 4.79 Å². The Morgan fingerprint density at radius 3 is 2.65 bits per heavy atom. The van der Waals surface area contributed by atoms with Crippen molar-refractivity contribution >= 4 is 11.9 Å². The summed E-state index contributed by atoms with van der Waals surface area (Å²) in [5, 5.41) is 14.9. The fraction of sp³-hybridized carbons (Fsp3) is 0.833. The van der Waals surface area contributed by atoms with E-state index in [4.69, 9.17) is 5.11 Å². The number of hydrogen-bond donors (Lipinski definition) is 3. The summed E-state index contributed by atoms with van der Waals surface area (Å²) in [6.45, 7) is 1.90. The summed E-state index contributed by atoms with van der Waals surface area (Å²) in [5.74, 6) is -0.501. The average molecular weight is 240 g/mol. The van der Waals surface area contributed by atoms with E-state index in [1.165, 1.54) is 0 Å². The summed E-state index contributed by atoms with van der Waals surface area (Å²) in [7, 11) is 0. The van der Waals surface area contributed by atoms with Crippen LogP contribution in [0.4, 0.5) is 0 Å². The van der Waals surface area contributed by atoms with Gasteiger partial charge in [0.05, 0.1) is 0 Å². The third kappa shape index (κ3) is 3.70. The largest absolute Gasteiger partial charge is 0.480 e. The normalized spacial score (nSPS) is 26.2. The lowest BCUT2D eigenvalue weighted by Crippen LogP contribution is -2.44. The number of carbonyl (C=O) groups is 2. The zero-order valence-electron chi connectivity index (χ0n) is 9.95. The lowest BCUT2D eigenvalue weighted by Gasteiger charge is -2.23. The van der Waals surface area contributed by atoms with Gasteiger partial charge in [0.15, 0.2) is 0 Å². The molecule has 0 bridgehead atoms. The Morgan fingerprint density at radius 2 is 2.12 bits per heavy atom. The molecular formula is C12H20N2O3. The van der Waals surface area contributed by atoms with Crippen molar-refractivity contribution in [1.29, 1.82) is 0 Å². The van der Waals surface area contributed by atoms with Crippen molar-refractivity contribution in [1.82, 2.24) is 10.6 Å². The van der Waals surface area contributed by atoms with Crippen LogP contribution in [-0.2, 0) is 9.59 Å².